The van der Waals surface area contributed by atoms with Gasteiger partial charge in [0.2, 0.25) is 0 Å². The van der Waals surface area contributed by atoms with Gasteiger partial charge in [-0.3, -0.25) is 4.79 Å². The van der Waals surface area contributed by atoms with Gasteiger partial charge in [0.15, 0.2) is 0 Å². The summed E-state index contributed by atoms with van der Waals surface area (Å²) < 4.78 is 6.64. The van der Waals surface area contributed by atoms with Gasteiger partial charge in [0.05, 0.1) is 6.61 Å². The monoisotopic (exact) mass is 347 g/mol. The molecule has 0 aliphatic heterocycles. The smallest absolute Gasteiger partial charge is 0.329 e. The summed E-state index contributed by atoms with van der Waals surface area (Å²) in [5, 5.41) is 0. The summed E-state index contributed by atoms with van der Waals surface area (Å²) in [7, 11) is 0. The molecular weight excluding hydrogens is 326 g/mol. The largest absolute Gasteiger partial charge is 0.464 e. The lowest BCUT2D eigenvalue weighted by atomic mass is 9.99. The number of benzene rings is 2. The van der Waals surface area contributed by atoms with Crippen LogP contribution in [0.5, 0.6) is 0 Å². The van der Waals surface area contributed by atoms with Crippen molar-refractivity contribution in [2.24, 2.45) is 0 Å². The van der Waals surface area contributed by atoms with Crippen LogP contribution in [-0.4, -0.2) is 17.1 Å². The van der Waals surface area contributed by atoms with Gasteiger partial charge in [-0.15, -0.1) is 0 Å². The predicted molar refractivity (Wildman–Crippen MR) is 102 cm³/mol. The van der Waals surface area contributed by atoms with Gasteiger partial charge in [-0.2, -0.15) is 0 Å². The number of nitrogens with zero attached hydrogens (tertiary/aromatic N) is 1. The fourth-order valence-electron chi connectivity index (χ4n) is 2.96. The fraction of sp³-hybridized carbons (Fsp3) is 0.182. The van der Waals surface area contributed by atoms with Gasteiger partial charge in [0.25, 0.3) is 5.56 Å². The molecule has 4 nitrogen and oxygen atoms in total. The zero-order valence-corrected chi connectivity index (χ0v) is 14.7. The van der Waals surface area contributed by atoms with Crippen LogP contribution >= 0.6 is 0 Å². The Labute approximate surface area is 152 Å². The van der Waals surface area contributed by atoms with Gasteiger partial charge < -0.3 is 9.30 Å². The van der Waals surface area contributed by atoms with Crippen LogP contribution in [0.1, 0.15) is 18.5 Å². The van der Waals surface area contributed by atoms with E-state index in [9.17, 15) is 9.59 Å². The van der Waals surface area contributed by atoms with Crippen molar-refractivity contribution in [2.75, 3.05) is 6.61 Å². The Hall–Kier alpha value is -3.14. The third-order valence-electron chi connectivity index (χ3n) is 4.21. The van der Waals surface area contributed by atoms with E-state index >= 15 is 0 Å². The van der Waals surface area contributed by atoms with Crippen molar-refractivity contribution in [1.29, 1.82) is 0 Å². The van der Waals surface area contributed by atoms with Gasteiger partial charge in [-0.25, -0.2) is 4.79 Å². The lowest BCUT2D eigenvalue weighted by Crippen LogP contribution is -2.31. The van der Waals surface area contributed by atoms with Crippen LogP contribution in [-0.2, 0) is 16.0 Å². The van der Waals surface area contributed by atoms with E-state index in [4.69, 9.17) is 4.74 Å². The van der Waals surface area contributed by atoms with Crippen LogP contribution in [0.15, 0.2) is 83.8 Å². The quantitative estimate of drug-likeness (QED) is 0.636. The van der Waals surface area contributed by atoms with E-state index in [1.165, 1.54) is 10.6 Å². The minimum absolute atomic E-state index is 0.218. The second kappa shape index (κ2) is 8.30. The maximum Gasteiger partial charge on any atom is 0.329 e. The summed E-state index contributed by atoms with van der Waals surface area (Å²) in [6, 6.07) is 22.2. The maximum atomic E-state index is 12.5. The molecule has 132 valence electrons. The molecule has 0 saturated heterocycles. The molecule has 0 N–H and O–H groups in total. The van der Waals surface area contributed by atoms with Gasteiger partial charge in [-0.05, 0) is 29.7 Å². The molecule has 0 aliphatic carbocycles. The molecule has 0 aliphatic rings. The summed E-state index contributed by atoms with van der Waals surface area (Å²) in [6.07, 6.45) is 2.02. The standard InChI is InChI=1S/C22H21NO3/c1-2-26-22(25)20(23-14-7-6-13-21(23)24)16-17-9-8-12-19(15-17)18-10-4-3-5-11-18/h3-15,20H,2,16H2,1H3. The first-order chi connectivity index (χ1) is 12.7. The highest BCUT2D eigenvalue weighted by molar-refractivity contribution is 5.75. The normalized spacial score (nSPS) is 11.7. The Morgan fingerprint density at radius 1 is 0.962 bits per heavy atom. The van der Waals surface area contributed by atoms with E-state index < -0.39 is 12.0 Å². The molecule has 0 amide bonds. The van der Waals surface area contributed by atoms with Crippen molar-refractivity contribution < 1.29 is 9.53 Å². The summed E-state index contributed by atoms with van der Waals surface area (Å²) in [6.45, 7) is 2.04. The van der Waals surface area contributed by atoms with Gasteiger partial charge in [-0.1, -0.05) is 60.7 Å². The minimum Gasteiger partial charge on any atom is -0.464 e. The summed E-state index contributed by atoms with van der Waals surface area (Å²) in [5.74, 6) is -0.397. The van der Waals surface area contributed by atoms with Crippen LogP contribution in [0.4, 0.5) is 0 Å². The van der Waals surface area contributed by atoms with Crippen LogP contribution < -0.4 is 5.56 Å². The zero-order valence-electron chi connectivity index (χ0n) is 14.7. The number of esters is 1. The number of pyridine rings is 1. The van der Waals surface area contributed by atoms with Crippen molar-refractivity contribution in [3.63, 3.8) is 0 Å². The molecule has 1 unspecified atom stereocenters. The Kier molecular flexibility index (Phi) is 5.64. The molecule has 2 aromatic carbocycles. The number of carbonyl (C=O) groups is 1. The topological polar surface area (TPSA) is 48.3 Å². The maximum absolute atomic E-state index is 12.5. The number of aromatic nitrogens is 1. The first-order valence-corrected chi connectivity index (χ1v) is 8.67. The molecule has 1 heterocycles. The minimum atomic E-state index is -0.685. The van der Waals surface area contributed by atoms with Crippen molar-refractivity contribution in [2.45, 2.75) is 19.4 Å². The molecule has 0 radical (unpaired) electrons. The Morgan fingerprint density at radius 2 is 1.69 bits per heavy atom. The number of hydrogen-bond acceptors (Lipinski definition) is 3. The Morgan fingerprint density at radius 3 is 2.42 bits per heavy atom. The van der Waals surface area contributed by atoms with Crippen molar-refractivity contribution in [3.05, 3.63) is 94.9 Å². The summed E-state index contributed by atoms with van der Waals surface area (Å²) in [4.78, 5) is 24.7. The van der Waals surface area contributed by atoms with Crippen molar-refractivity contribution >= 4 is 5.97 Å². The highest BCUT2D eigenvalue weighted by atomic mass is 16.5. The molecule has 3 rings (SSSR count). The van der Waals surface area contributed by atoms with Crippen molar-refractivity contribution in [1.82, 2.24) is 4.57 Å². The van der Waals surface area contributed by atoms with Crippen LogP contribution in [0.25, 0.3) is 11.1 Å². The molecule has 1 aromatic heterocycles. The Bertz CT molecular complexity index is 931. The van der Waals surface area contributed by atoms with E-state index in [2.05, 4.69) is 6.07 Å². The first-order valence-electron chi connectivity index (χ1n) is 8.67. The van der Waals surface area contributed by atoms with E-state index in [1.54, 1.807) is 25.3 Å². The lowest BCUT2D eigenvalue weighted by Gasteiger charge is -2.18. The summed E-state index contributed by atoms with van der Waals surface area (Å²) >= 11 is 0. The predicted octanol–water partition coefficient (Wildman–Crippen LogP) is 3.86. The second-order valence-electron chi connectivity index (χ2n) is 5.98. The first kappa shape index (κ1) is 17.7. The van der Waals surface area contributed by atoms with E-state index in [0.29, 0.717) is 6.42 Å². The zero-order chi connectivity index (χ0) is 18.4. The number of hydrogen-bond donors (Lipinski definition) is 0. The van der Waals surface area contributed by atoms with Gasteiger partial charge in [0.1, 0.15) is 6.04 Å². The van der Waals surface area contributed by atoms with Crippen molar-refractivity contribution in [3.8, 4) is 11.1 Å². The molecule has 0 spiro atoms. The second-order valence-corrected chi connectivity index (χ2v) is 5.98. The highest BCUT2D eigenvalue weighted by Crippen LogP contribution is 2.22. The molecule has 1 atom stereocenters. The average molecular weight is 347 g/mol. The summed E-state index contributed by atoms with van der Waals surface area (Å²) in [5.41, 5.74) is 2.94. The van der Waals surface area contributed by atoms with E-state index in [1.807, 2.05) is 48.5 Å². The molecular formula is C22H21NO3. The molecule has 4 heteroatoms. The van der Waals surface area contributed by atoms with Gasteiger partial charge >= 0.3 is 5.97 Å². The fourth-order valence-corrected chi connectivity index (χ4v) is 2.96. The Balaban J connectivity index is 1.94. The number of carbonyl (C=O) groups excluding carboxylic acids is 1. The third-order valence-corrected chi connectivity index (χ3v) is 4.21. The molecule has 0 fully saturated rings. The lowest BCUT2D eigenvalue weighted by molar-refractivity contribution is -0.147. The third kappa shape index (κ3) is 4.09. The molecule has 3 aromatic rings. The number of ether oxygens (including phenoxy) is 1. The molecule has 0 saturated carbocycles. The average Bonchev–Trinajstić information content (AvgIpc) is 2.68. The van der Waals surface area contributed by atoms with E-state index in [0.717, 1.165) is 16.7 Å². The van der Waals surface area contributed by atoms with E-state index in [-0.39, 0.29) is 12.2 Å². The van der Waals surface area contributed by atoms with Crippen LogP contribution in [0.3, 0.4) is 0 Å². The molecule has 26 heavy (non-hydrogen) atoms. The number of rotatable bonds is 6. The SMILES string of the molecule is CCOC(=O)C(Cc1cccc(-c2ccccc2)c1)n1ccccc1=O. The van der Waals surface area contributed by atoms with Gasteiger partial charge in [0, 0.05) is 18.7 Å². The van der Waals surface area contributed by atoms with Crippen LogP contribution in [0.2, 0.25) is 0 Å². The van der Waals surface area contributed by atoms with Crippen LogP contribution in [0, 0.1) is 0 Å². The molecule has 0 bridgehead atoms. The highest BCUT2D eigenvalue weighted by Gasteiger charge is 2.23.